The molecule has 1 aromatic carbocycles. The highest BCUT2D eigenvalue weighted by molar-refractivity contribution is 6.00. The molecule has 2 heterocycles. The first-order chi connectivity index (χ1) is 13.5. The van der Waals surface area contributed by atoms with E-state index in [0.717, 1.165) is 25.9 Å². The zero-order valence-corrected chi connectivity index (χ0v) is 15.6. The van der Waals surface area contributed by atoms with Gasteiger partial charge in [0.05, 0.1) is 24.1 Å². The van der Waals surface area contributed by atoms with Gasteiger partial charge >= 0.3 is 5.97 Å². The number of aliphatic hydroxyl groups excluding tert-OH is 1. The number of halogens is 1. The molecule has 1 unspecified atom stereocenters. The lowest BCUT2D eigenvalue weighted by Crippen LogP contribution is -2.17. The number of carbonyl (C=O) groups excluding carboxylic acids is 1. The molecular formula is C20H23FN2O5. The van der Waals surface area contributed by atoms with Gasteiger partial charge in [0.1, 0.15) is 18.2 Å². The van der Waals surface area contributed by atoms with Crippen LogP contribution in [0, 0.1) is 11.2 Å². The number of rotatable bonds is 5. The SMILES string of the molecule is COC(=O)c1ccnc(C(=N)COc2cccc(F)c2)c1.OC1CCCCO1. The van der Waals surface area contributed by atoms with Crippen LogP contribution in [-0.2, 0) is 9.47 Å². The molecule has 0 radical (unpaired) electrons. The minimum atomic E-state index is -0.502. The lowest BCUT2D eigenvalue weighted by Gasteiger charge is -2.16. The summed E-state index contributed by atoms with van der Waals surface area (Å²) in [5.74, 6) is -0.591. The summed E-state index contributed by atoms with van der Waals surface area (Å²) < 4.78 is 27.7. The Kier molecular flexibility index (Phi) is 8.51. The minimum absolute atomic E-state index is 0.0741. The topological polar surface area (TPSA) is 102 Å². The van der Waals surface area contributed by atoms with E-state index in [-0.39, 0.29) is 12.3 Å². The molecule has 1 saturated heterocycles. The molecule has 2 aromatic rings. The highest BCUT2D eigenvalue weighted by atomic mass is 19.1. The van der Waals surface area contributed by atoms with E-state index in [1.165, 1.54) is 43.6 Å². The Morgan fingerprint density at radius 3 is 2.79 bits per heavy atom. The predicted octanol–water partition coefficient (Wildman–Crippen LogP) is 2.96. The summed E-state index contributed by atoms with van der Waals surface area (Å²) in [6.45, 7) is 0.655. The van der Waals surface area contributed by atoms with Crippen molar-refractivity contribution in [2.75, 3.05) is 20.3 Å². The van der Waals surface area contributed by atoms with Crippen molar-refractivity contribution in [2.45, 2.75) is 25.6 Å². The van der Waals surface area contributed by atoms with Gasteiger partial charge in [-0.3, -0.25) is 10.4 Å². The second-order valence-electron chi connectivity index (χ2n) is 5.97. The first-order valence-electron chi connectivity index (χ1n) is 8.80. The Labute approximate surface area is 162 Å². The van der Waals surface area contributed by atoms with Crippen LogP contribution >= 0.6 is 0 Å². The molecule has 0 spiro atoms. The maximum absolute atomic E-state index is 13.0. The fourth-order valence-corrected chi connectivity index (χ4v) is 2.35. The zero-order chi connectivity index (χ0) is 20.4. The molecule has 3 rings (SSSR count). The van der Waals surface area contributed by atoms with Crippen LogP contribution in [0.3, 0.4) is 0 Å². The molecule has 150 valence electrons. The number of hydrogen-bond acceptors (Lipinski definition) is 7. The molecule has 0 bridgehead atoms. The van der Waals surface area contributed by atoms with Gasteiger partial charge in [-0.25, -0.2) is 9.18 Å². The zero-order valence-electron chi connectivity index (χ0n) is 15.6. The van der Waals surface area contributed by atoms with Gasteiger partial charge in [0.25, 0.3) is 0 Å². The molecule has 2 N–H and O–H groups in total. The lowest BCUT2D eigenvalue weighted by atomic mass is 10.2. The number of pyridine rings is 1. The van der Waals surface area contributed by atoms with Crippen LogP contribution in [0.2, 0.25) is 0 Å². The number of nitrogens with one attached hydrogen (secondary N) is 1. The molecule has 0 saturated carbocycles. The number of carbonyl (C=O) groups is 1. The third-order valence-corrected chi connectivity index (χ3v) is 3.83. The van der Waals surface area contributed by atoms with Gasteiger partial charge < -0.3 is 19.3 Å². The molecule has 28 heavy (non-hydrogen) atoms. The molecule has 1 fully saturated rings. The number of hydrogen-bond donors (Lipinski definition) is 2. The van der Waals surface area contributed by atoms with Crippen molar-refractivity contribution in [3.8, 4) is 5.75 Å². The van der Waals surface area contributed by atoms with Crippen LogP contribution in [0.5, 0.6) is 5.75 Å². The highest BCUT2D eigenvalue weighted by Crippen LogP contribution is 2.13. The molecular weight excluding hydrogens is 367 g/mol. The van der Waals surface area contributed by atoms with Gasteiger partial charge in [0, 0.05) is 18.9 Å². The maximum atomic E-state index is 13.0. The summed E-state index contributed by atoms with van der Waals surface area (Å²) in [4.78, 5) is 15.4. The number of aliphatic hydroxyl groups is 1. The van der Waals surface area contributed by atoms with Crippen LogP contribution in [-0.4, -0.2) is 48.4 Å². The Bertz CT molecular complexity index is 794. The van der Waals surface area contributed by atoms with Gasteiger partial charge in [0.2, 0.25) is 0 Å². The number of ether oxygens (including phenoxy) is 3. The van der Waals surface area contributed by atoms with Crippen molar-refractivity contribution in [3.63, 3.8) is 0 Å². The maximum Gasteiger partial charge on any atom is 0.337 e. The van der Waals surface area contributed by atoms with E-state index in [4.69, 9.17) is 20.0 Å². The minimum Gasteiger partial charge on any atom is -0.487 e. The normalized spacial score (nSPS) is 15.8. The summed E-state index contributed by atoms with van der Waals surface area (Å²) in [6, 6.07) is 8.59. The summed E-state index contributed by atoms with van der Waals surface area (Å²) in [7, 11) is 1.28. The Balaban J connectivity index is 0.000000336. The average Bonchev–Trinajstić information content (AvgIpc) is 2.72. The third kappa shape index (κ3) is 7.05. The number of nitrogens with zero attached hydrogens (tertiary/aromatic N) is 1. The molecule has 1 aliphatic heterocycles. The molecule has 1 aliphatic rings. The molecule has 1 atom stereocenters. The first kappa shape index (κ1) is 21.5. The van der Waals surface area contributed by atoms with Crippen molar-refractivity contribution < 1.29 is 28.5 Å². The Hall–Kier alpha value is -2.84. The lowest BCUT2D eigenvalue weighted by molar-refractivity contribution is -0.123. The average molecular weight is 390 g/mol. The largest absolute Gasteiger partial charge is 0.487 e. The van der Waals surface area contributed by atoms with Gasteiger partial charge in [-0.05, 0) is 43.5 Å². The summed E-state index contributed by atoms with van der Waals surface area (Å²) in [5.41, 5.74) is 0.678. The number of methoxy groups -OCH3 is 1. The number of aromatic nitrogens is 1. The van der Waals surface area contributed by atoms with E-state index in [9.17, 15) is 9.18 Å². The van der Waals surface area contributed by atoms with Gasteiger partial charge in [0.15, 0.2) is 6.29 Å². The van der Waals surface area contributed by atoms with Gasteiger partial charge in [-0.2, -0.15) is 0 Å². The number of benzene rings is 1. The van der Waals surface area contributed by atoms with Crippen LogP contribution < -0.4 is 4.74 Å². The molecule has 0 aliphatic carbocycles. The van der Waals surface area contributed by atoms with E-state index >= 15 is 0 Å². The van der Waals surface area contributed by atoms with Crippen molar-refractivity contribution in [2.24, 2.45) is 0 Å². The van der Waals surface area contributed by atoms with E-state index in [2.05, 4.69) is 9.72 Å². The monoisotopic (exact) mass is 390 g/mol. The van der Waals surface area contributed by atoms with Crippen molar-refractivity contribution in [1.29, 1.82) is 5.41 Å². The second kappa shape index (κ2) is 11.1. The van der Waals surface area contributed by atoms with Crippen LogP contribution in [0.1, 0.15) is 35.3 Å². The molecule has 7 nitrogen and oxygen atoms in total. The fourth-order valence-electron chi connectivity index (χ4n) is 2.35. The van der Waals surface area contributed by atoms with E-state index < -0.39 is 18.1 Å². The van der Waals surface area contributed by atoms with Gasteiger partial charge in [-0.1, -0.05) is 6.07 Å². The number of esters is 1. The van der Waals surface area contributed by atoms with E-state index in [1.54, 1.807) is 6.07 Å². The Morgan fingerprint density at radius 1 is 1.36 bits per heavy atom. The predicted molar refractivity (Wildman–Crippen MR) is 100 cm³/mol. The smallest absolute Gasteiger partial charge is 0.337 e. The van der Waals surface area contributed by atoms with Crippen molar-refractivity contribution in [3.05, 3.63) is 59.7 Å². The first-order valence-corrected chi connectivity index (χ1v) is 8.80. The molecule has 8 heteroatoms. The highest BCUT2D eigenvalue weighted by Gasteiger charge is 2.10. The van der Waals surface area contributed by atoms with E-state index in [0.29, 0.717) is 17.0 Å². The Morgan fingerprint density at radius 2 is 2.18 bits per heavy atom. The van der Waals surface area contributed by atoms with Crippen molar-refractivity contribution >= 4 is 11.7 Å². The van der Waals surface area contributed by atoms with E-state index in [1.807, 2.05) is 0 Å². The molecule has 1 aromatic heterocycles. The van der Waals surface area contributed by atoms with Crippen molar-refractivity contribution in [1.82, 2.24) is 4.98 Å². The quantitative estimate of drug-likeness (QED) is 0.601. The second-order valence-corrected chi connectivity index (χ2v) is 5.97. The summed E-state index contributed by atoms with van der Waals surface area (Å²) >= 11 is 0. The standard InChI is InChI=1S/C15H13FN2O3.C5H10O2/c1-20-15(19)10-5-6-18-14(7-10)13(17)9-21-12-4-2-3-11(16)8-12;6-5-3-1-2-4-7-5/h2-8,17H,9H2,1H3;5-6H,1-4H2. The van der Waals surface area contributed by atoms with Crippen LogP contribution in [0.4, 0.5) is 4.39 Å². The van der Waals surface area contributed by atoms with Crippen LogP contribution in [0.25, 0.3) is 0 Å². The van der Waals surface area contributed by atoms with Crippen LogP contribution in [0.15, 0.2) is 42.6 Å². The third-order valence-electron chi connectivity index (χ3n) is 3.83. The van der Waals surface area contributed by atoms with Gasteiger partial charge in [-0.15, -0.1) is 0 Å². The summed E-state index contributed by atoms with van der Waals surface area (Å²) in [6.07, 6.45) is 3.99. The fraction of sp³-hybridized carbons (Fsp3) is 0.350. The summed E-state index contributed by atoms with van der Waals surface area (Å²) in [5, 5.41) is 16.6. The molecule has 0 amide bonds.